The number of benzene rings is 2. The Kier molecular flexibility index (Phi) is 7.35. The third-order valence-electron chi connectivity index (χ3n) is 4.32. The van der Waals surface area contributed by atoms with E-state index in [1.165, 1.54) is 6.42 Å². The minimum absolute atomic E-state index is 0.346. The Morgan fingerprint density at radius 3 is 2.73 bits per heavy atom. The van der Waals surface area contributed by atoms with Gasteiger partial charge in [-0.1, -0.05) is 30.3 Å². The molecule has 1 aliphatic heterocycles. The van der Waals surface area contributed by atoms with Gasteiger partial charge in [0.1, 0.15) is 6.61 Å². The van der Waals surface area contributed by atoms with Crippen molar-refractivity contribution in [1.82, 2.24) is 5.32 Å². The van der Waals surface area contributed by atoms with Crippen LogP contribution in [0.5, 0.6) is 11.5 Å². The van der Waals surface area contributed by atoms with Crippen molar-refractivity contribution in [3.63, 3.8) is 0 Å². The van der Waals surface area contributed by atoms with Gasteiger partial charge < -0.3 is 19.5 Å². The van der Waals surface area contributed by atoms with Crippen LogP contribution in [0.15, 0.2) is 46.9 Å². The maximum absolute atomic E-state index is 6.04. The molecule has 5 heteroatoms. The van der Waals surface area contributed by atoms with Gasteiger partial charge in [-0.25, -0.2) is 0 Å². The highest BCUT2D eigenvalue weighted by Gasteiger charge is 2.16. The molecule has 1 aliphatic rings. The SMILES string of the molecule is CCOc1cc(CNC[C@@H]2CCCO2)cc(Br)c1OCc1ccccc1. The summed E-state index contributed by atoms with van der Waals surface area (Å²) in [6.45, 7) is 5.64. The summed E-state index contributed by atoms with van der Waals surface area (Å²) in [5.74, 6) is 1.52. The Balaban J connectivity index is 1.64. The van der Waals surface area contributed by atoms with E-state index in [1.54, 1.807) is 0 Å². The number of hydrogen-bond donors (Lipinski definition) is 1. The van der Waals surface area contributed by atoms with Crippen molar-refractivity contribution in [2.75, 3.05) is 19.8 Å². The van der Waals surface area contributed by atoms with E-state index in [2.05, 4.69) is 45.5 Å². The summed E-state index contributed by atoms with van der Waals surface area (Å²) in [6.07, 6.45) is 2.66. The molecule has 0 saturated carbocycles. The zero-order chi connectivity index (χ0) is 18.2. The van der Waals surface area contributed by atoms with Gasteiger partial charge in [0.15, 0.2) is 11.5 Å². The number of rotatable bonds is 9. The van der Waals surface area contributed by atoms with Crippen LogP contribution in [-0.2, 0) is 17.9 Å². The number of ether oxygens (including phenoxy) is 3. The van der Waals surface area contributed by atoms with Crippen LogP contribution < -0.4 is 14.8 Å². The topological polar surface area (TPSA) is 39.7 Å². The third kappa shape index (κ3) is 5.47. The van der Waals surface area contributed by atoms with Crippen molar-refractivity contribution in [2.24, 2.45) is 0 Å². The number of halogens is 1. The van der Waals surface area contributed by atoms with Crippen LogP contribution in [-0.4, -0.2) is 25.9 Å². The van der Waals surface area contributed by atoms with Crippen molar-refractivity contribution in [2.45, 2.75) is 39.0 Å². The molecule has 1 saturated heterocycles. The first kappa shape index (κ1) is 19.2. The maximum atomic E-state index is 6.04. The second-order valence-corrected chi connectivity index (χ2v) is 7.23. The molecular formula is C21H26BrNO3. The van der Waals surface area contributed by atoms with Crippen LogP contribution >= 0.6 is 15.9 Å². The average molecular weight is 420 g/mol. The zero-order valence-corrected chi connectivity index (χ0v) is 16.8. The van der Waals surface area contributed by atoms with Gasteiger partial charge in [0, 0.05) is 19.7 Å². The van der Waals surface area contributed by atoms with Gasteiger partial charge in [0.2, 0.25) is 0 Å². The van der Waals surface area contributed by atoms with Crippen LogP contribution in [0.4, 0.5) is 0 Å². The Morgan fingerprint density at radius 1 is 1.15 bits per heavy atom. The Bertz CT molecular complexity index is 687. The fraction of sp³-hybridized carbons (Fsp3) is 0.429. The standard InChI is InChI=1S/C21H26BrNO3/c1-2-24-20-12-17(13-23-14-18-9-6-10-25-18)11-19(22)21(20)26-15-16-7-4-3-5-8-16/h3-5,7-8,11-12,18,23H,2,6,9-10,13-15H2,1H3/t18-/m0/s1. The summed E-state index contributed by atoms with van der Waals surface area (Å²) in [6, 6.07) is 14.3. The second kappa shape index (κ2) is 9.95. The van der Waals surface area contributed by atoms with E-state index in [-0.39, 0.29) is 0 Å². The average Bonchev–Trinajstić information content (AvgIpc) is 3.16. The maximum Gasteiger partial charge on any atom is 0.175 e. The van der Waals surface area contributed by atoms with Gasteiger partial charge in [-0.2, -0.15) is 0 Å². The third-order valence-corrected chi connectivity index (χ3v) is 4.91. The molecule has 0 aliphatic carbocycles. The van der Waals surface area contributed by atoms with Gasteiger partial charge in [-0.05, 0) is 59.0 Å². The minimum atomic E-state index is 0.346. The lowest BCUT2D eigenvalue weighted by molar-refractivity contribution is 0.110. The fourth-order valence-electron chi connectivity index (χ4n) is 3.04. The molecule has 0 aromatic heterocycles. The van der Waals surface area contributed by atoms with E-state index >= 15 is 0 Å². The largest absolute Gasteiger partial charge is 0.490 e. The highest BCUT2D eigenvalue weighted by Crippen LogP contribution is 2.37. The summed E-state index contributed by atoms with van der Waals surface area (Å²) >= 11 is 3.64. The molecule has 1 atom stereocenters. The Hall–Kier alpha value is -1.56. The van der Waals surface area contributed by atoms with Gasteiger partial charge in [0.25, 0.3) is 0 Å². The van der Waals surface area contributed by atoms with E-state index in [0.29, 0.717) is 19.3 Å². The van der Waals surface area contributed by atoms with Gasteiger partial charge in [0.05, 0.1) is 17.2 Å². The van der Waals surface area contributed by atoms with Gasteiger partial charge >= 0.3 is 0 Å². The first-order chi connectivity index (χ1) is 12.8. The Morgan fingerprint density at radius 2 is 2.00 bits per heavy atom. The first-order valence-corrected chi connectivity index (χ1v) is 10.00. The molecule has 3 rings (SSSR count). The van der Waals surface area contributed by atoms with Crippen LogP contribution in [0, 0.1) is 0 Å². The van der Waals surface area contributed by atoms with E-state index in [9.17, 15) is 0 Å². The van der Waals surface area contributed by atoms with Crippen LogP contribution in [0.1, 0.15) is 30.9 Å². The smallest absolute Gasteiger partial charge is 0.175 e. The monoisotopic (exact) mass is 419 g/mol. The molecule has 0 spiro atoms. The molecule has 0 unspecified atom stereocenters. The summed E-state index contributed by atoms with van der Waals surface area (Å²) in [5.41, 5.74) is 2.29. The van der Waals surface area contributed by atoms with Crippen molar-refractivity contribution < 1.29 is 14.2 Å². The summed E-state index contributed by atoms with van der Waals surface area (Å²) < 4.78 is 18.4. The molecule has 2 aromatic rings. The lowest BCUT2D eigenvalue weighted by Gasteiger charge is -2.16. The summed E-state index contributed by atoms with van der Waals surface area (Å²) in [4.78, 5) is 0. The van der Waals surface area contributed by atoms with Crippen LogP contribution in [0.3, 0.4) is 0 Å². The van der Waals surface area contributed by atoms with Gasteiger partial charge in [-0.15, -0.1) is 0 Å². The molecule has 4 nitrogen and oxygen atoms in total. The molecule has 1 heterocycles. The van der Waals surface area contributed by atoms with E-state index in [1.807, 2.05) is 25.1 Å². The van der Waals surface area contributed by atoms with Crippen molar-refractivity contribution >= 4 is 15.9 Å². The van der Waals surface area contributed by atoms with Crippen LogP contribution in [0.2, 0.25) is 0 Å². The molecule has 0 radical (unpaired) electrons. The van der Waals surface area contributed by atoms with Crippen molar-refractivity contribution in [1.29, 1.82) is 0 Å². The molecule has 26 heavy (non-hydrogen) atoms. The predicted octanol–water partition coefficient (Wildman–Crippen LogP) is 4.70. The van der Waals surface area contributed by atoms with Gasteiger partial charge in [-0.3, -0.25) is 0 Å². The molecule has 1 fully saturated rings. The molecule has 140 valence electrons. The van der Waals surface area contributed by atoms with Crippen molar-refractivity contribution in [3.8, 4) is 11.5 Å². The number of nitrogens with one attached hydrogen (secondary N) is 1. The predicted molar refractivity (Wildman–Crippen MR) is 107 cm³/mol. The van der Waals surface area contributed by atoms with Crippen molar-refractivity contribution in [3.05, 3.63) is 58.1 Å². The van der Waals surface area contributed by atoms with E-state index in [0.717, 1.165) is 53.2 Å². The fourth-order valence-corrected chi connectivity index (χ4v) is 3.64. The molecule has 0 amide bonds. The van der Waals surface area contributed by atoms with E-state index < -0.39 is 0 Å². The zero-order valence-electron chi connectivity index (χ0n) is 15.2. The highest BCUT2D eigenvalue weighted by atomic mass is 79.9. The molecule has 1 N–H and O–H groups in total. The lowest BCUT2D eigenvalue weighted by atomic mass is 10.2. The number of hydrogen-bond acceptors (Lipinski definition) is 4. The minimum Gasteiger partial charge on any atom is -0.490 e. The normalized spacial score (nSPS) is 16.6. The molecular weight excluding hydrogens is 394 g/mol. The first-order valence-electron chi connectivity index (χ1n) is 9.20. The highest BCUT2D eigenvalue weighted by molar-refractivity contribution is 9.10. The molecule has 2 aromatic carbocycles. The quantitative estimate of drug-likeness (QED) is 0.639. The Labute approximate surface area is 164 Å². The lowest BCUT2D eigenvalue weighted by Crippen LogP contribution is -2.25. The second-order valence-electron chi connectivity index (χ2n) is 6.38. The molecule has 0 bridgehead atoms. The summed E-state index contributed by atoms with van der Waals surface area (Å²) in [5, 5.41) is 3.48. The van der Waals surface area contributed by atoms with E-state index in [4.69, 9.17) is 14.2 Å². The van der Waals surface area contributed by atoms with Crippen LogP contribution in [0.25, 0.3) is 0 Å². The summed E-state index contributed by atoms with van der Waals surface area (Å²) in [7, 11) is 0.